The fourth-order valence-electron chi connectivity index (χ4n) is 7.69. The smallest absolute Gasteiger partial charge is 0.303 e. The maximum Gasteiger partial charge on any atom is 0.303 e. The molecule has 3 heteroatoms. The number of fused-ring (bicyclic) bond motifs is 5. The third-order valence-electron chi connectivity index (χ3n) is 8.82. The molecule has 0 aliphatic heterocycles. The largest absolute Gasteiger partial charge is 0.481 e. The van der Waals surface area contributed by atoms with Crippen LogP contribution in [-0.2, 0) is 4.79 Å². The molecular formula is C25H42O3. The maximum atomic E-state index is 11.1. The Balaban J connectivity index is 0.00000109. The van der Waals surface area contributed by atoms with Crippen molar-refractivity contribution in [3.05, 3.63) is 11.1 Å². The number of aliphatic hydroxyl groups is 1. The molecule has 3 saturated carbocycles. The average molecular weight is 391 g/mol. The van der Waals surface area contributed by atoms with E-state index in [4.69, 9.17) is 5.11 Å². The van der Waals surface area contributed by atoms with Gasteiger partial charge in [-0.1, -0.05) is 44.8 Å². The van der Waals surface area contributed by atoms with Gasteiger partial charge < -0.3 is 10.2 Å². The molecule has 160 valence electrons. The van der Waals surface area contributed by atoms with Gasteiger partial charge in [-0.25, -0.2) is 0 Å². The summed E-state index contributed by atoms with van der Waals surface area (Å²) >= 11 is 0. The van der Waals surface area contributed by atoms with Gasteiger partial charge in [0.2, 0.25) is 0 Å². The second kappa shape index (κ2) is 8.90. The zero-order chi connectivity index (χ0) is 20.5. The van der Waals surface area contributed by atoms with Crippen LogP contribution in [0.2, 0.25) is 0 Å². The van der Waals surface area contributed by atoms with E-state index in [1.54, 1.807) is 11.1 Å². The molecule has 0 heterocycles. The summed E-state index contributed by atoms with van der Waals surface area (Å²) < 4.78 is 0. The number of carbonyl (C=O) groups is 1. The second-order valence-corrected chi connectivity index (χ2v) is 10.0. The Morgan fingerprint density at radius 1 is 1.18 bits per heavy atom. The van der Waals surface area contributed by atoms with Crippen molar-refractivity contribution in [3.8, 4) is 0 Å². The van der Waals surface area contributed by atoms with Gasteiger partial charge in [0.1, 0.15) is 0 Å². The Kier molecular flexibility index (Phi) is 6.95. The van der Waals surface area contributed by atoms with Crippen molar-refractivity contribution < 1.29 is 15.0 Å². The highest BCUT2D eigenvalue weighted by Gasteiger charge is 2.57. The summed E-state index contributed by atoms with van der Waals surface area (Å²) in [6, 6.07) is 0. The van der Waals surface area contributed by atoms with Gasteiger partial charge in [-0.3, -0.25) is 4.79 Å². The summed E-state index contributed by atoms with van der Waals surface area (Å²) in [7, 11) is 0. The first-order valence-corrected chi connectivity index (χ1v) is 12.0. The minimum absolute atomic E-state index is 0.123. The Hall–Kier alpha value is -0.830. The van der Waals surface area contributed by atoms with Crippen molar-refractivity contribution in [3.63, 3.8) is 0 Å². The molecule has 4 aliphatic carbocycles. The SMILES string of the molecule is CC.CC1=C2C(CCCC(=O)O)CCC2C2C(O)CC3CCCCC3(C)C2C1. The molecule has 4 aliphatic rings. The van der Waals surface area contributed by atoms with Crippen molar-refractivity contribution in [1.82, 2.24) is 0 Å². The first kappa shape index (κ1) is 21.9. The van der Waals surface area contributed by atoms with Crippen LogP contribution >= 0.6 is 0 Å². The quantitative estimate of drug-likeness (QED) is 0.561. The van der Waals surface area contributed by atoms with Gasteiger partial charge in [-0.05, 0) is 93.3 Å². The molecule has 7 unspecified atom stereocenters. The van der Waals surface area contributed by atoms with E-state index in [1.165, 1.54) is 44.9 Å². The van der Waals surface area contributed by atoms with E-state index < -0.39 is 5.97 Å². The van der Waals surface area contributed by atoms with Crippen LogP contribution in [0.5, 0.6) is 0 Å². The van der Waals surface area contributed by atoms with E-state index in [0.717, 1.165) is 25.2 Å². The van der Waals surface area contributed by atoms with Crippen LogP contribution in [0.25, 0.3) is 0 Å². The first-order valence-electron chi connectivity index (χ1n) is 12.0. The van der Waals surface area contributed by atoms with Gasteiger partial charge >= 0.3 is 5.97 Å². The number of hydrogen-bond donors (Lipinski definition) is 2. The molecule has 0 spiro atoms. The van der Waals surface area contributed by atoms with Gasteiger partial charge in [0.15, 0.2) is 0 Å². The fraction of sp³-hybridized carbons (Fsp3) is 0.880. The predicted molar refractivity (Wildman–Crippen MR) is 114 cm³/mol. The molecule has 0 aromatic carbocycles. The van der Waals surface area contributed by atoms with Crippen LogP contribution in [-0.4, -0.2) is 22.3 Å². The predicted octanol–water partition coefficient (Wildman–Crippen LogP) is 6.21. The lowest BCUT2D eigenvalue weighted by Crippen LogP contribution is -2.54. The standard InChI is InChI=1S/C23H36O3.C2H6/c1-14-12-18-22(19(24)13-16-7-3-4-11-23(16,18)2)17-10-9-15(21(14)17)6-5-8-20(25)26;1-2/h15-19,22,24H,3-13H2,1-2H3,(H,25,26);1-2H3. The van der Waals surface area contributed by atoms with E-state index >= 15 is 0 Å². The first-order chi connectivity index (χ1) is 13.4. The molecule has 4 rings (SSSR count). The van der Waals surface area contributed by atoms with E-state index in [0.29, 0.717) is 35.5 Å². The molecule has 2 N–H and O–H groups in total. The molecule has 0 bridgehead atoms. The van der Waals surface area contributed by atoms with Crippen molar-refractivity contribution in [2.45, 2.75) is 104 Å². The summed E-state index contributed by atoms with van der Waals surface area (Å²) in [6.07, 6.45) is 12.0. The van der Waals surface area contributed by atoms with Gasteiger partial charge in [0.25, 0.3) is 0 Å². The van der Waals surface area contributed by atoms with E-state index in [2.05, 4.69) is 13.8 Å². The van der Waals surface area contributed by atoms with Crippen LogP contribution in [0.3, 0.4) is 0 Å². The van der Waals surface area contributed by atoms with Crippen LogP contribution in [0.15, 0.2) is 11.1 Å². The molecule has 0 aromatic rings. The van der Waals surface area contributed by atoms with E-state index in [9.17, 15) is 9.90 Å². The van der Waals surface area contributed by atoms with Crippen molar-refractivity contribution in [1.29, 1.82) is 0 Å². The molecular weight excluding hydrogens is 348 g/mol. The topological polar surface area (TPSA) is 57.5 Å². The molecule has 7 atom stereocenters. The maximum absolute atomic E-state index is 11.1. The number of rotatable bonds is 4. The lowest BCUT2D eigenvalue weighted by Gasteiger charge is -2.59. The highest BCUT2D eigenvalue weighted by Crippen LogP contribution is 2.63. The minimum Gasteiger partial charge on any atom is -0.481 e. The molecule has 3 nitrogen and oxygen atoms in total. The summed E-state index contributed by atoms with van der Waals surface area (Å²) in [4.78, 5) is 10.9. The Morgan fingerprint density at radius 2 is 1.93 bits per heavy atom. The number of allylic oxidation sites excluding steroid dienone is 2. The molecule has 3 fully saturated rings. The zero-order valence-corrected chi connectivity index (χ0v) is 18.5. The third kappa shape index (κ3) is 3.80. The van der Waals surface area contributed by atoms with Crippen molar-refractivity contribution >= 4 is 5.97 Å². The van der Waals surface area contributed by atoms with E-state index in [-0.39, 0.29) is 6.10 Å². The Labute approximate surface area is 172 Å². The molecule has 0 amide bonds. The lowest BCUT2D eigenvalue weighted by molar-refractivity contribution is -0.137. The number of carboxylic acid groups (broad SMARTS) is 1. The zero-order valence-electron chi connectivity index (χ0n) is 18.5. The van der Waals surface area contributed by atoms with Gasteiger partial charge in [-0.2, -0.15) is 0 Å². The number of carboxylic acids is 1. The fourth-order valence-corrected chi connectivity index (χ4v) is 7.69. The van der Waals surface area contributed by atoms with Crippen LogP contribution in [0.4, 0.5) is 0 Å². The van der Waals surface area contributed by atoms with Crippen molar-refractivity contribution in [2.75, 3.05) is 0 Å². The molecule has 28 heavy (non-hydrogen) atoms. The summed E-state index contributed by atoms with van der Waals surface area (Å²) in [5.74, 6) is 2.30. The van der Waals surface area contributed by atoms with Gasteiger partial charge in [-0.15, -0.1) is 0 Å². The van der Waals surface area contributed by atoms with Crippen molar-refractivity contribution in [2.24, 2.45) is 35.0 Å². The Bertz CT molecular complexity index is 595. The molecule has 0 aromatic heterocycles. The normalized spacial score (nSPS) is 42.0. The second-order valence-electron chi connectivity index (χ2n) is 10.0. The molecule has 0 radical (unpaired) electrons. The average Bonchev–Trinajstić information content (AvgIpc) is 3.09. The number of hydrogen-bond acceptors (Lipinski definition) is 2. The van der Waals surface area contributed by atoms with Gasteiger partial charge in [0, 0.05) is 6.42 Å². The number of aliphatic carboxylic acids is 1. The van der Waals surface area contributed by atoms with Crippen LogP contribution in [0, 0.1) is 35.0 Å². The molecule has 0 saturated heterocycles. The van der Waals surface area contributed by atoms with E-state index in [1.807, 2.05) is 13.8 Å². The summed E-state index contributed by atoms with van der Waals surface area (Å²) in [6.45, 7) is 8.88. The van der Waals surface area contributed by atoms with Crippen LogP contribution in [0.1, 0.15) is 98.3 Å². The minimum atomic E-state index is -0.673. The van der Waals surface area contributed by atoms with Crippen LogP contribution < -0.4 is 0 Å². The summed E-state index contributed by atoms with van der Waals surface area (Å²) in [5, 5.41) is 20.1. The summed E-state index contributed by atoms with van der Waals surface area (Å²) in [5.41, 5.74) is 3.65. The monoisotopic (exact) mass is 390 g/mol. The Morgan fingerprint density at radius 3 is 2.64 bits per heavy atom. The lowest BCUT2D eigenvalue weighted by atomic mass is 9.47. The highest BCUT2D eigenvalue weighted by molar-refractivity contribution is 5.66. The van der Waals surface area contributed by atoms with Gasteiger partial charge in [0.05, 0.1) is 6.10 Å². The third-order valence-corrected chi connectivity index (χ3v) is 8.82. The number of aliphatic hydroxyl groups excluding tert-OH is 1. The highest BCUT2D eigenvalue weighted by atomic mass is 16.4.